The highest BCUT2D eigenvalue weighted by Crippen LogP contribution is 2.44. The van der Waals surface area contributed by atoms with Crippen molar-refractivity contribution in [3.05, 3.63) is 42.2 Å². The first-order valence-electron chi connectivity index (χ1n) is 10.5. The maximum absolute atomic E-state index is 14.4. The van der Waals surface area contributed by atoms with Gasteiger partial charge in [-0.15, -0.1) is 0 Å². The van der Waals surface area contributed by atoms with Crippen LogP contribution in [0.25, 0.3) is 21.9 Å². The Kier molecular flexibility index (Phi) is 4.19. The van der Waals surface area contributed by atoms with Gasteiger partial charge in [-0.25, -0.2) is 8.78 Å². The molecule has 0 bridgehead atoms. The number of nitrogens with zero attached hydrogens (tertiary/aromatic N) is 4. The molecule has 164 valence electrons. The normalized spacial score (nSPS) is 22.2. The van der Waals surface area contributed by atoms with E-state index in [9.17, 15) is 8.78 Å². The molecule has 3 atom stereocenters. The van der Waals surface area contributed by atoms with E-state index in [4.69, 9.17) is 10.5 Å². The van der Waals surface area contributed by atoms with Crippen molar-refractivity contribution in [2.45, 2.75) is 12.5 Å². The number of nitrogens with two attached hydrogens (primary N) is 1. The maximum atomic E-state index is 14.4. The monoisotopic (exact) mass is 437 g/mol. The third kappa shape index (κ3) is 2.94. The van der Waals surface area contributed by atoms with Gasteiger partial charge in [-0.2, -0.15) is 9.97 Å². The SMILES string of the molecule is CNc1cc(F)cc2c1[nH]c1nc(Oc3cncc(F)c3)nc(N3CC4CC(N)C4C3)c12. The zero-order valence-electron chi connectivity index (χ0n) is 17.3. The number of rotatable bonds is 4. The maximum Gasteiger partial charge on any atom is 0.326 e. The van der Waals surface area contributed by atoms with Gasteiger partial charge in [0.2, 0.25) is 0 Å². The zero-order valence-corrected chi connectivity index (χ0v) is 17.3. The highest BCUT2D eigenvalue weighted by atomic mass is 19.1. The van der Waals surface area contributed by atoms with Crippen molar-refractivity contribution in [2.75, 3.05) is 30.4 Å². The summed E-state index contributed by atoms with van der Waals surface area (Å²) in [5, 5.41) is 4.42. The Balaban J connectivity index is 1.54. The molecule has 2 aliphatic rings. The van der Waals surface area contributed by atoms with Gasteiger partial charge in [0, 0.05) is 37.6 Å². The number of ether oxygens (including phenoxy) is 1. The summed E-state index contributed by atoms with van der Waals surface area (Å²) in [5.74, 6) is 0.886. The molecule has 1 saturated carbocycles. The van der Waals surface area contributed by atoms with Gasteiger partial charge in [-0.05, 0) is 30.4 Å². The molecule has 3 unspecified atom stereocenters. The number of fused-ring (bicyclic) bond motifs is 4. The average molecular weight is 437 g/mol. The third-order valence-corrected chi connectivity index (χ3v) is 6.56. The second kappa shape index (κ2) is 6.99. The largest absolute Gasteiger partial charge is 0.422 e. The molecular formula is C22H21F2N7O. The highest BCUT2D eigenvalue weighted by Gasteiger charge is 2.46. The molecule has 8 nitrogen and oxygen atoms in total. The van der Waals surface area contributed by atoms with Crippen molar-refractivity contribution in [3.63, 3.8) is 0 Å². The van der Waals surface area contributed by atoms with Crippen molar-refractivity contribution in [2.24, 2.45) is 17.6 Å². The average Bonchev–Trinajstić information content (AvgIpc) is 3.30. The number of halogens is 2. The van der Waals surface area contributed by atoms with Gasteiger partial charge < -0.3 is 25.7 Å². The lowest BCUT2D eigenvalue weighted by Crippen LogP contribution is -2.46. The highest BCUT2D eigenvalue weighted by molar-refractivity contribution is 6.14. The molecule has 0 radical (unpaired) electrons. The van der Waals surface area contributed by atoms with Gasteiger partial charge >= 0.3 is 6.01 Å². The van der Waals surface area contributed by atoms with Gasteiger partial charge in [0.1, 0.15) is 23.1 Å². The summed E-state index contributed by atoms with van der Waals surface area (Å²) in [4.78, 5) is 18.4. The molecule has 1 aromatic carbocycles. The minimum atomic E-state index is -0.520. The number of hydrogen-bond acceptors (Lipinski definition) is 7. The van der Waals surface area contributed by atoms with Crippen LogP contribution in [-0.4, -0.2) is 46.1 Å². The number of H-pyrrole nitrogens is 1. The van der Waals surface area contributed by atoms with Crippen molar-refractivity contribution < 1.29 is 13.5 Å². The molecule has 0 spiro atoms. The van der Waals surface area contributed by atoms with E-state index < -0.39 is 5.82 Å². The topological polar surface area (TPSA) is 105 Å². The van der Waals surface area contributed by atoms with Crippen molar-refractivity contribution in [3.8, 4) is 11.8 Å². The summed E-state index contributed by atoms with van der Waals surface area (Å²) in [6.45, 7) is 1.58. The van der Waals surface area contributed by atoms with Crippen molar-refractivity contribution in [1.82, 2.24) is 19.9 Å². The van der Waals surface area contributed by atoms with E-state index in [0.717, 1.165) is 36.6 Å². The number of hydrogen-bond donors (Lipinski definition) is 3. The molecular weight excluding hydrogens is 416 g/mol. The van der Waals surface area contributed by atoms with Crippen LogP contribution in [-0.2, 0) is 0 Å². The summed E-state index contributed by atoms with van der Waals surface area (Å²) < 4.78 is 33.7. The molecule has 1 aliphatic carbocycles. The van der Waals surface area contributed by atoms with Crippen LogP contribution < -0.4 is 20.7 Å². The summed E-state index contributed by atoms with van der Waals surface area (Å²) in [6, 6.07) is 4.37. The van der Waals surface area contributed by atoms with Crippen LogP contribution in [0.15, 0.2) is 30.6 Å². The second-order valence-electron chi connectivity index (χ2n) is 8.47. The fourth-order valence-corrected chi connectivity index (χ4v) is 4.98. The second-order valence-corrected chi connectivity index (χ2v) is 8.47. The first-order valence-corrected chi connectivity index (χ1v) is 10.5. The quantitative estimate of drug-likeness (QED) is 0.449. The number of pyridine rings is 1. The Labute approximate surface area is 181 Å². The van der Waals surface area contributed by atoms with Gasteiger partial charge in [0.05, 0.1) is 29.0 Å². The molecule has 0 amide bonds. The standard InChI is InChI=1S/C22H21F2N7O/c1-26-17-5-11(23)4-14-18-20(28-19(14)17)29-22(32-13-3-12(24)6-27-7-13)30-21(18)31-8-10-2-16(25)15(10)9-31/h3-7,10,15-16,26H,2,8-9,25H2,1H3,(H,28,29,30). The number of aromatic amines is 1. The van der Waals surface area contributed by atoms with Crippen LogP contribution >= 0.6 is 0 Å². The predicted molar refractivity (Wildman–Crippen MR) is 117 cm³/mol. The van der Waals surface area contributed by atoms with Crippen LogP contribution in [0.4, 0.5) is 20.3 Å². The smallest absolute Gasteiger partial charge is 0.326 e. The number of aromatic nitrogens is 4. The lowest BCUT2D eigenvalue weighted by Gasteiger charge is -2.36. The molecule has 4 aromatic rings. The Hall–Kier alpha value is -3.53. The fourth-order valence-electron chi connectivity index (χ4n) is 4.98. The van der Waals surface area contributed by atoms with E-state index in [1.807, 2.05) is 0 Å². The first-order chi connectivity index (χ1) is 15.5. The molecule has 1 saturated heterocycles. The summed E-state index contributed by atoms with van der Waals surface area (Å²) in [7, 11) is 1.73. The van der Waals surface area contributed by atoms with Gasteiger partial charge in [-0.1, -0.05) is 0 Å². The molecule has 1 aliphatic heterocycles. The Morgan fingerprint density at radius 2 is 2.03 bits per heavy atom. The van der Waals surface area contributed by atoms with Gasteiger partial charge in [0.25, 0.3) is 0 Å². The molecule has 32 heavy (non-hydrogen) atoms. The molecule has 4 heterocycles. The molecule has 6 rings (SSSR count). The van der Waals surface area contributed by atoms with E-state index in [1.54, 1.807) is 7.05 Å². The summed E-state index contributed by atoms with van der Waals surface area (Å²) >= 11 is 0. The first kappa shape index (κ1) is 19.2. The van der Waals surface area contributed by atoms with E-state index in [-0.39, 0.29) is 23.6 Å². The van der Waals surface area contributed by atoms with Crippen molar-refractivity contribution >= 4 is 33.4 Å². The molecule has 10 heteroatoms. The zero-order chi connectivity index (χ0) is 22.0. The molecule has 2 fully saturated rings. The number of nitrogens with one attached hydrogen (secondary N) is 2. The van der Waals surface area contributed by atoms with E-state index in [1.165, 1.54) is 24.4 Å². The van der Waals surface area contributed by atoms with Crippen molar-refractivity contribution in [1.29, 1.82) is 0 Å². The fraction of sp³-hybridized carbons (Fsp3) is 0.318. The lowest BCUT2D eigenvalue weighted by atomic mass is 9.72. The Morgan fingerprint density at radius 1 is 1.16 bits per heavy atom. The Morgan fingerprint density at radius 3 is 2.78 bits per heavy atom. The Bertz CT molecular complexity index is 1360. The summed E-state index contributed by atoms with van der Waals surface area (Å²) in [5.41, 5.74) is 8.05. The number of anilines is 2. The van der Waals surface area contributed by atoms with Crippen LogP contribution in [0.2, 0.25) is 0 Å². The minimum Gasteiger partial charge on any atom is -0.422 e. The predicted octanol–water partition coefficient (Wildman–Crippen LogP) is 3.40. The van der Waals surface area contributed by atoms with Crippen LogP contribution in [0.1, 0.15) is 6.42 Å². The van der Waals surface area contributed by atoms with Crippen LogP contribution in [0.3, 0.4) is 0 Å². The summed E-state index contributed by atoms with van der Waals surface area (Å²) in [6.07, 6.45) is 3.47. The molecule has 4 N–H and O–H groups in total. The lowest BCUT2D eigenvalue weighted by molar-refractivity contribution is 0.194. The van der Waals surface area contributed by atoms with Gasteiger partial charge in [0.15, 0.2) is 5.75 Å². The van der Waals surface area contributed by atoms with E-state index >= 15 is 0 Å². The van der Waals surface area contributed by atoms with E-state index in [0.29, 0.717) is 34.4 Å². The van der Waals surface area contributed by atoms with Crippen LogP contribution in [0.5, 0.6) is 11.8 Å². The van der Waals surface area contributed by atoms with E-state index in [2.05, 4.69) is 30.2 Å². The number of benzene rings is 1. The minimum absolute atomic E-state index is 0.0569. The third-order valence-electron chi connectivity index (χ3n) is 6.56. The van der Waals surface area contributed by atoms with Crippen LogP contribution in [0, 0.1) is 23.5 Å². The molecule has 3 aromatic heterocycles. The van der Waals surface area contributed by atoms with Gasteiger partial charge in [-0.3, -0.25) is 4.98 Å².